The number of fused-ring (bicyclic) bond motifs is 2. The van der Waals surface area contributed by atoms with Crippen LogP contribution >= 0.6 is 0 Å². The van der Waals surface area contributed by atoms with E-state index < -0.39 is 12.0 Å². The summed E-state index contributed by atoms with van der Waals surface area (Å²) < 4.78 is 15.9. The molecule has 2 heterocycles. The number of benzene rings is 4. The van der Waals surface area contributed by atoms with E-state index in [2.05, 4.69) is 40.6 Å². The van der Waals surface area contributed by atoms with Crippen LogP contribution in [0.3, 0.4) is 0 Å². The lowest BCUT2D eigenvalue weighted by Gasteiger charge is -2.17. The van der Waals surface area contributed by atoms with Gasteiger partial charge >= 0.3 is 5.97 Å². The Balaban J connectivity index is 1.40. The molecule has 6 aromatic rings. The van der Waals surface area contributed by atoms with E-state index >= 15 is 0 Å². The van der Waals surface area contributed by atoms with Crippen LogP contribution in [0.2, 0.25) is 0 Å². The molecule has 202 valence electrons. The zero-order chi connectivity index (χ0) is 28.5. The lowest BCUT2D eigenvalue weighted by Crippen LogP contribution is -2.28. The maximum Gasteiger partial charge on any atom is 0.335 e. The number of aromatic nitrogens is 2. The van der Waals surface area contributed by atoms with Gasteiger partial charge in [0.15, 0.2) is 0 Å². The fraction of sp³-hybridized carbons (Fsp3) is 0.0882. The van der Waals surface area contributed by atoms with Crippen LogP contribution in [0, 0.1) is 5.82 Å². The monoisotopic (exact) mass is 543 g/mol. The summed E-state index contributed by atoms with van der Waals surface area (Å²) in [6.45, 7) is 1.84. The number of carboxylic acids is 1. The molecule has 4 aromatic carbocycles. The van der Waals surface area contributed by atoms with E-state index in [0.717, 1.165) is 21.9 Å². The Kier molecular flexibility index (Phi) is 6.77. The van der Waals surface area contributed by atoms with E-state index in [0.29, 0.717) is 34.6 Å². The van der Waals surface area contributed by atoms with Gasteiger partial charge in [-0.1, -0.05) is 66.7 Å². The minimum atomic E-state index is -1.01. The molecule has 0 radical (unpaired) electrons. The Hall–Kier alpha value is -5.30. The zero-order valence-corrected chi connectivity index (χ0v) is 22.2. The van der Waals surface area contributed by atoms with Crippen molar-refractivity contribution in [1.29, 1.82) is 0 Å². The van der Waals surface area contributed by atoms with Crippen molar-refractivity contribution in [3.63, 3.8) is 0 Å². The summed E-state index contributed by atoms with van der Waals surface area (Å²) in [6, 6.07) is 30.3. The normalized spacial score (nSPS) is 12.0. The minimum absolute atomic E-state index is 0.175. The van der Waals surface area contributed by atoms with E-state index in [1.807, 2.05) is 29.5 Å². The second-order valence-corrected chi connectivity index (χ2v) is 10.1. The number of hydrogen-bond acceptors (Lipinski definition) is 3. The first kappa shape index (κ1) is 26.0. The van der Waals surface area contributed by atoms with Gasteiger partial charge in [0, 0.05) is 6.42 Å². The highest BCUT2D eigenvalue weighted by molar-refractivity contribution is 5.95. The van der Waals surface area contributed by atoms with Crippen molar-refractivity contribution >= 4 is 28.2 Å². The molecular formula is C34H26FN3O3. The maximum atomic E-state index is 14.1. The number of amides is 1. The van der Waals surface area contributed by atoms with Gasteiger partial charge in [0.1, 0.15) is 17.3 Å². The van der Waals surface area contributed by atoms with Gasteiger partial charge in [0.2, 0.25) is 0 Å². The van der Waals surface area contributed by atoms with Gasteiger partial charge in [-0.3, -0.25) is 9.20 Å². The second-order valence-electron chi connectivity index (χ2n) is 10.1. The largest absolute Gasteiger partial charge is 0.478 e. The third-order valence-electron chi connectivity index (χ3n) is 7.27. The summed E-state index contributed by atoms with van der Waals surface area (Å²) in [6.07, 6.45) is 2.23. The molecule has 0 aliphatic carbocycles. The molecule has 0 unspecified atom stereocenters. The number of aromatic carboxylic acids is 1. The predicted molar refractivity (Wildman–Crippen MR) is 157 cm³/mol. The second kappa shape index (κ2) is 10.7. The number of nitrogens with one attached hydrogen (secondary N) is 1. The summed E-state index contributed by atoms with van der Waals surface area (Å²) >= 11 is 0. The van der Waals surface area contributed by atoms with Crippen LogP contribution in [0.25, 0.3) is 27.4 Å². The number of imidazole rings is 1. The third kappa shape index (κ3) is 5.30. The molecule has 7 heteroatoms. The number of halogens is 1. The first-order valence-corrected chi connectivity index (χ1v) is 13.2. The van der Waals surface area contributed by atoms with Crippen molar-refractivity contribution in [2.45, 2.75) is 19.4 Å². The SMILES string of the molecule is C[C@H](NC(=O)c1cc(-c2cccc(F)c2)cc2cnc(Cc3ccc4ccccc4c3)n12)c1ccc(C(=O)O)cc1. The van der Waals surface area contributed by atoms with Crippen molar-refractivity contribution in [1.82, 2.24) is 14.7 Å². The van der Waals surface area contributed by atoms with Crippen LogP contribution in [0.4, 0.5) is 4.39 Å². The van der Waals surface area contributed by atoms with Crippen LogP contribution < -0.4 is 5.32 Å². The molecule has 6 nitrogen and oxygen atoms in total. The van der Waals surface area contributed by atoms with Gasteiger partial charge in [-0.05, 0) is 76.3 Å². The van der Waals surface area contributed by atoms with Crippen LogP contribution in [-0.4, -0.2) is 26.4 Å². The van der Waals surface area contributed by atoms with Crippen LogP contribution in [0.15, 0.2) is 109 Å². The number of nitrogens with zero attached hydrogens (tertiary/aromatic N) is 2. The van der Waals surface area contributed by atoms with Gasteiger partial charge in [0.25, 0.3) is 5.91 Å². The number of carbonyl (C=O) groups excluding carboxylic acids is 1. The molecule has 1 amide bonds. The Morgan fingerprint density at radius 1 is 0.878 bits per heavy atom. The standard InChI is InChI=1S/C34H26FN3O3/c1-21(23-11-13-25(14-12-23)34(40)41)37-33(39)31-19-28(27-7-4-8-29(35)17-27)18-30-20-36-32(38(30)31)16-22-9-10-24-5-2-3-6-26(24)15-22/h2-15,17-21H,16H2,1H3,(H,37,39)(H,40,41)/t21-/m0/s1. The van der Waals surface area contributed by atoms with E-state index in [-0.39, 0.29) is 17.3 Å². The molecule has 1 atom stereocenters. The lowest BCUT2D eigenvalue weighted by atomic mass is 10.0. The fourth-order valence-corrected chi connectivity index (χ4v) is 5.12. The Labute approximate surface area is 235 Å². The minimum Gasteiger partial charge on any atom is -0.478 e. The van der Waals surface area contributed by atoms with Gasteiger partial charge in [-0.15, -0.1) is 0 Å². The number of hydrogen-bond donors (Lipinski definition) is 2. The zero-order valence-electron chi connectivity index (χ0n) is 22.2. The van der Waals surface area contributed by atoms with E-state index in [4.69, 9.17) is 0 Å². The molecule has 2 N–H and O–H groups in total. The van der Waals surface area contributed by atoms with E-state index in [9.17, 15) is 19.1 Å². The highest BCUT2D eigenvalue weighted by Gasteiger charge is 2.19. The molecule has 0 spiro atoms. The molecule has 0 saturated heterocycles. The molecule has 0 aliphatic heterocycles. The smallest absolute Gasteiger partial charge is 0.335 e. The predicted octanol–water partition coefficient (Wildman–Crippen LogP) is 7.07. The molecule has 6 rings (SSSR count). The number of pyridine rings is 1. The quantitative estimate of drug-likeness (QED) is 0.226. The fourth-order valence-electron chi connectivity index (χ4n) is 5.12. The average molecular weight is 544 g/mol. The van der Waals surface area contributed by atoms with Gasteiger partial charge in [0.05, 0.1) is 23.3 Å². The van der Waals surface area contributed by atoms with Crippen molar-refractivity contribution in [2.75, 3.05) is 0 Å². The highest BCUT2D eigenvalue weighted by Crippen LogP contribution is 2.27. The van der Waals surface area contributed by atoms with Gasteiger partial charge < -0.3 is 10.4 Å². The summed E-state index contributed by atoms with van der Waals surface area (Å²) in [4.78, 5) is 29.7. The van der Waals surface area contributed by atoms with Crippen molar-refractivity contribution in [3.05, 3.63) is 143 Å². The summed E-state index contributed by atoms with van der Waals surface area (Å²) in [5.74, 6) is -1.01. The van der Waals surface area contributed by atoms with Gasteiger partial charge in [-0.25, -0.2) is 14.2 Å². The molecule has 0 bridgehead atoms. The Bertz CT molecular complexity index is 1930. The number of rotatable bonds is 7. The van der Waals surface area contributed by atoms with Crippen molar-refractivity contribution in [2.24, 2.45) is 0 Å². The number of carbonyl (C=O) groups is 2. The van der Waals surface area contributed by atoms with Crippen LogP contribution in [0.1, 0.15) is 50.8 Å². The summed E-state index contributed by atoms with van der Waals surface area (Å²) in [5, 5.41) is 14.5. The van der Waals surface area contributed by atoms with Crippen molar-refractivity contribution in [3.8, 4) is 11.1 Å². The first-order valence-electron chi connectivity index (χ1n) is 13.2. The van der Waals surface area contributed by atoms with Crippen LogP contribution in [0.5, 0.6) is 0 Å². The third-order valence-corrected chi connectivity index (χ3v) is 7.27. The van der Waals surface area contributed by atoms with Crippen LogP contribution in [-0.2, 0) is 6.42 Å². The van der Waals surface area contributed by atoms with Gasteiger partial charge in [-0.2, -0.15) is 0 Å². The average Bonchev–Trinajstić information content (AvgIpc) is 3.39. The van der Waals surface area contributed by atoms with Crippen molar-refractivity contribution < 1.29 is 19.1 Å². The number of carboxylic acid groups (broad SMARTS) is 1. The summed E-state index contributed by atoms with van der Waals surface area (Å²) in [7, 11) is 0. The molecule has 41 heavy (non-hydrogen) atoms. The molecule has 0 saturated carbocycles. The molecular weight excluding hydrogens is 517 g/mol. The lowest BCUT2D eigenvalue weighted by molar-refractivity contribution is 0.0696. The van der Waals surface area contributed by atoms with E-state index in [1.165, 1.54) is 24.3 Å². The Morgan fingerprint density at radius 2 is 1.66 bits per heavy atom. The Morgan fingerprint density at radius 3 is 2.41 bits per heavy atom. The molecule has 2 aromatic heterocycles. The van der Waals surface area contributed by atoms with E-state index in [1.54, 1.807) is 36.5 Å². The first-order chi connectivity index (χ1) is 19.9. The topological polar surface area (TPSA) is 83.7 Å². The molecule has 0 aliphatic rings. The molecule has 0 fully saturated rings. The highest BCUT2D eigenvalue weighted by atomic mass is 19.1. The maximum absolute atomic E-state index is 14.1. The summed E-state index contributed by atoms with van der Waals surface area (Å²) in [5.41, 5.74) is 4.42.